The summed E-state index contributed by atoms with van der Waals surface area (Å²) in [5, 5.41) is 0. The van der Waals surface area contributed by atoms with Crippen molar-refractivity contribution >= 4 is 37.9 Å². The molecule has 0 fully saturated rings. The summed E-state index contributed by atoms with van der Waals surface area (Å²) in [6, 6.07) is 0. The zero-order chi connectivity index (χ0) is 8.58. The predicted molar refractivity (Wildman–Crippen MR) is 56.2 cm³/mol. The molecule has 0 aliphatic rings. The first-order valence-electron chi connectivity index (χ1n) is 3.99. The van der Waals surface area contributed by atoms with E-state index < -0.39 is 16.1 Å². The van der Waals surface area contributed by atoms with Gasteiger partial charge in [0.15, 0.2) is 0 Å². The molecule has 0 N–H and O–H groups in total. The molecule has 0 amide bonds. The molecular formula is C7H19BrMgSi2. The third kappa shape index (κ3) is 5.85. The van der Waals surface area contributed by atoms with Crippen LogP contribution in [-0.2, 0) is 0 Å². The second-order valence-corrected chi connectivity index (χ2v) is 19.2. The maximum Gasteiger partial charge on any atom is -1.00 e. The van der Waals surface area contributed by atoms with Gasteiger partial charge in [0.1, 0.15) is 0 Å². The molecular weight excluding hydrogens is 244 g/mol. The van der Waals surface area contributed by atoms with E-state index >= 15 is 0 Å². The van der Waals surface area contributed by atoms with Crippen molar-refractivity contribution in [2.45, 2.75) is 42.6 Å². The second kappa shape index (κ2) is 4.79. The van der Waals surface area contributed by atoms with Gasteiger partial charge in [-0.25, -0.2) is 0 Å². The predicted octanol–water partition coefficient (Wildman–Crippen LogP) is -0.298. The van der Waals surface area contributed by atoms with Gasteiger partial charge in [0.25, 0.3) is 0 Å². The van der Waals surface area contributed by atoms with Crippen LogP contribution >= 0.6 is 0 Å². The first kappa shape index (κ1) is 15.2. The van der Waals surface area contributed by atoms with Gasteiger partial charge >= 0.3 is 80.4 Å². The molecule has 0 unspecified atom stereocenters. The number of hydrogen-bond donors (Lipinski definition) is 0. The van der Waals surface area contributed by atoms with Crippen LogP contribution in [0, 0.1) is 0 Å². The van der Waals surface area contributed by atoms with Gasteiger partial charge < -0.3 is 17.0 Å². The summed E-state index contributed by atoms with van der Waals surface area (Å²) < 4.78 is 1.07. The van der Waals surface area contributed by atoms with E-state index in [0.717, 1.165) is 3.29 Å². The zero-order valence-corrected chi connectivity index (χ0v) is 13.7. The van der Waals surface area contributed by atoms with E-state index in [1.165, 1.54) is 0 Å². The van der Waals surface area contributed by atoms with Crippen molar-refractivity contribution in [1.29, 1.82) is 0 Å². The minimum atomic E-state index is -0.822. The summed E-state index contributed by atoms with van der Waals surface area (Å²) in [6.45, 7) is 14.9. The molecule has 0 heterocycles. The average molecular weight is 264 g/mol. The van der Waals surface area contributed by atoms with Gasteiger partial charge in [0, 0.05) is 0 Å². The molecule has 0 saturated heterocycles. The van der Waals surface area contributed by atoms with E-state index in [9.17, 15) is 0 Å². The van der Waals surface area contributed by atoms with Gasteiger partial charge in [-0.15, -0.1) is 0 Å². The van der Waals surface area contributed by atoms with E-state index in [1.54, 1.807) is 0 Å². The van der Waals surface area contributed by atoms with Crippen molar-refractivity contribution in [3.8, 4) is 0 Å². The minimum absolute atomic E-state index is 0. The maximum absolute atomic E-state index is 2.49. The molecule has 0 spiro atoms. The van der Waals surface area contributed by atoms with Crippen molar-refractivity contribution in [2.24, 2.45) is 0 Å². The van der Waals surface area contributed by atoms with E-state index in [-0.39, 0.29) is 17.0 Å². The van der Waals surface area contributed by atoms with Crippen LogP contribution < -0.4 is 17.0 Å². The fourth-order valence-electron chi connectivity index (χ4n) is 1.30. The summed E-state index contributed by atoms with van der Waals surface area (Å²) in [4.78, 5) is 0. The first-order valence-corrected chi connectivity index (χ1v) is 12.0. The van der Waals surface area contributed by atoms with Crippen molar-refractivity contribution < 1.29 is 17.0 Å². The van der Waals surface area contributed by atoms with Gasteiger partial charge in [-0.1, -0.05) is 0 Å². The average Bonchev–Trinajstić information content (AvgIpc) is 1.59. The Balaban J connectivity index is 0. The van der Waals surface area contributed by atoms with Gasteiger partial charge in [-0.2, -0.15) is 0 Å². The van der Waals surface area contributed by atoms with Gasteiger partial charge in [0.05, 0.1) is 0 Å². The molecule has 0 nitrogen and oxygen atoms in total. The molecule has 0 atom stereocenters. The Hall–Kier alpha value is 1.68. The molecule has 0 radical (unpaired) electrons. The van der Waals surface area contributed by atoms with E-state index in [0.29, 0.717) is 0 Å². The third-order valence-corrected chi connectivity index (χ3v) is 18.8. The Morgan fingerprint density at radius 2 is 1.00 bits per heavy atom. The Morgan fingerprint density at radius 3 is 1.00 bits per heavy atom. The summed E-state index contributed by atoms with van der Waals surface area (Å²) in [5.74, 6) is 0. The van der Waals surface area contributed by atoms with E-state index in [2.05, 4.69) is 61.0 Å². The first-order chi connectivity index (χ1) is 4.15. The molecule has 0 aliphatic heterocycles. The summed E-state index contributed by atoms with van der Waals surface area (Å²) in [6.07, 6.45) is 0. The quantitative estimate of drug-likeness (QED) is 0.601. The number of halogens is 1. The van der Waals surface area contributed by atoms with Crippen LogP contribution in [0.5, 0.6) is 0 Å². The Morgan fingerprint density at radius 1 is 0.818 bits per heavy atom. The fraction of sp³-hybridized carbons (Fsp3) is 1.00. The van der Waals surface area contributed by atoms with Gasteiger partial charge in [-0.3, -0.25) is 0 Å². The van der Waals surface area contributed by atoms with Crippen LogP contribution in [-0.4, -0.2) is 37.9 Å². The van der Waals surface area contributed by atoms with Crippen LogP contribution in [0.1, 0.15) is 0 Å². The SMILES string of the molecule is C[Si](C)(C)[CH]([Mg+])[Si](C)(C)C.[Br-]. The van der Waals surface area contributed by atoms with Crippen LogP contribution in [0.2, 0.25) is 42.6 Å². The molecule has 0 saturated carbocycles. The topological polar surface area (TPSA) is 0 Å². The van der Waals surface area contributed by atoms with Crippen LogP contribution in [0.15, 0.2) is 0 Å². The van der Waals surface area contributed by atoms with E-state index in [1.807, 2.05) is 0 Å². The monoisotopic (exact) mass is 262 g/mol. The van der Waals surface area contributed by atoms with Crippen LogP contribution in [0.25, 0.3) is 0 Å². The van der Waals surface area contributed by atoms with Crippen LogP contribution in [0.4, 0.5) is 0 Å². The number of rotatable bonds is 2. The fourth-order valence-corrected chi connectivity index (χ4v) is 11.7. The molecule has 0 aliphatic carbocycles. The molecule has 0 aromatic carbocycles. The van der Waals surface area contributed by atoms with Gasteiger partial charge in [-0.05, 0) is 0 Å². The van der Waals surface area contributed by atoms with Gasteiger partial charge in [0.2, 0.25) is 0 Å². The molecule has 0 aromatic rings. The molecule has 0 bridgehead atoms. The Kier molecular flexibility index (Phi) is 6.60. The molecule has 11 heavy (non-hydrogen) atoms. The standard InChI is InChI=1S/C7H19Si2.BrH.Mg/c1-8(2,3)7-9(4,5)6;;/h7H,1-6H3;1H;/q;;+1/p-1. The Labute approximate surface area is 96.8 Å². The van der Waals surface area contributed by atoms with Crippen molar-refractivity contribution in [1.82, 2.24) is 0 Å². The third-order valence-electron chi connectivity index (χ3n) is 2.09. The number of hydrogen-bond acceptors (Lipinski definition) is 0. The summed E-state index contributed by atoms with van der Waals surface area (Å²) in [7, 11) is -1.64. The molecule has 0 aromatic heterocycles. The van der Waals surface area contributed by atoms with Crippen LogP contribution in [0.3, 0.4) is 0 Å². The van der Waals surface area contributed by atoms with Crippen molar-refractivity contribution in [2.75, 3.05) is 0 Å². The maximum atomic E-state index is 2.49. The summed E-state index contributed by atoms with van der Waals surface area (Å²) in [5.41, 5.74) is 0. The second-order valence-electron chi connectivity index (χ2n) is 5.28. The molecule has 64 valence electrons. The largest absolute Gasteiger partial charge is 1.00 e. The Bertz CT molecular complexity index is 101. The zero-order valence-electron chi connectivity index (χ0n) is 8.66. The summed E-state index contributed by atoms with van der Waals surface area (Å²) >= 11 is 2.25. The smallest absolute Gasteiger partial charge is 1.00 e. The van der Waals surface area contributed by atoms with Crippen molar-refractivity contribution in [3.63, 3.8) is 0 Å². The molecule has 0 rings (SSSR count). The van der Waals surface area contributed by atoms with Crippen molar-refractivity contribution in [3.05, 3.63) is 0 Å². The molecule has 4 heteroatoms. The van der Waals surface area contributed by atoms with E-state index in [4.69, 9.17) is 0 Å². The minimum Gasteiger partial charge on any atom is -1.00 e. The normalized spacial score (nSPS) is 13.2.